The first-order chi connectivity index (χ1) is 12.1. The van der Waals surface area contributed by atoms with Gasteiger partial charge >= 0.3 is 0 Å². The van der Waals surface area contributed by atoms with Crippen molar-refractivity contribution < 1.29 is 18.7 Å². The van der Waals surface area contributed by atoms with Crippen LogP contribution in [0.25, 0.3) is 10.2 Å². The maximum atomic E-state index is 13.3. The Balaban J connectivity index is 2.11. The topological polar surface area (TPSA) is 52.8 Å². The fourth-order valence-corrected chi connectivity index (χ4v) is 3.52. The van der Waals surface area contributed by atoms with Gasteiger partial charge in [-0.05, 0) is 36.4 Å². The van der Waals surface area contributed by atoms with Crippen LogP contribution in [0.4, 0.5) is 4.39 Å². The molecule has 1 amide bonds. The second kappa shape index (κ2) is 7.58. The molecule has 3 rings (SSSR count). The SMILES string of the molecule is COCCn1c(=NC(=O)c2cccc(F)c2)sc2cc(OC)ccc21. The highest BCUT2D eigenvalue weighted by atomic mass is 32.1. The van der Waals surface area contributed by atoms with Gasteiger partial charge in [0.05, 0.1) is 23.9 Å². The Hall–Kier alpha value is -2.51. The minimum Gasteiger partial charge on any atom is -0.497 e. The number of hydrogen-bond acceptors (Lipinski definition) is 4. The molecule has 7 heteroatoms. The third kappa shape index (κ3) is 3.78. The molecule has 0 aliphatic rings. The number of rotatable bonds is 5. The third-order valence-corrected chi connectivity index (χ3v) is 4.72. The van der Waals surface area contributed by atoms with Crippen LogP contribution in [0.5, 0.6) is 5.75 Å². The van der Waals surface area contributed by atoms with E-state index in [4.69, 9.17) is 9.47 Å². The van der Waals surface area contributed by atoms with E-state index >= 15 is 0 Å². The molecule has 0 aliphatic heterocycles. The molecule has 0 bridgehead atoms. The molecule has 0 aliphatic carbocycles. The fourth-order valence-electron chi connectivity index (χ4n) is 2.44. The van der Waals surface area contributed by atoms with Crippen molar-refractivity contribution in [2.75, 3.05) is 20.8 Å². The number of methoxy groups -OCH3 is 2. The molecule has 0 unspecified atom stereocenters. The van der Waals surface area contributed by atoms with E-state index in [1.54, 1.807) is 20.3 Å². The summed E-state index contributed by atoms with van der Waals surface area (Å²) in [6.07, 6.45) is 0. The summed E-state index contributed by atoms with van der Waals surface area (Å²) in [7, 11) is 3.22. The van der Waals surface area contributed by atoms with Gasteiger partial charge in [0, 0.05) is 19.2 Å². The van der Waals surface area contributed by atoms with E-state index in [0.717, 1.165) is 16.0 Å². The van der Waals surface area contributed by atoms with E-state index in [0.29, 0.717) is 18.0 Å². The van der Waals surface area contributed by atoms with Gasteiger partial charge in [-0.2, -0.15) is 4.99 Å². The summed E-state index contributed by atoms with van der Waals surface area (Å²) in [5.74, 6) is -0.214. The zero-order valence-electron chi connectivity index (χ0n) is 13.9. The first-order valence-electron chi connectivity index (χ1n) is 7.63. The highest BCUT2D eigenvalue weighted by Gasteiger charge is 2.10. The minimum atomic E-state index is -0.482. The molecule has 0 radical (unpaired) electrons. The standard InChI is InChI=1S/C18H17FN2O3S/c1-23-9-8-21-15-7-6-14(24-2)11-16(15)25-18(21)20-17(22)12-4-3-5-13(19)10-12/h3-7,10-11H,8-9H2,1-2H3. The number of fused-ring (bicyclic) bond motifs is 1. The van der Waals surface area contributed by atoms with Crippen molar-refractivity contribution in [2.24, 2.45) is 4.99 Å². The van der Waals surface area contributed by atoms with Crippen LogP contribution in [0.1, 0.15) is 10.4 Å². The van der Waals surface area contributed by atoms with Crippen molar-refractivity contribution in [3.63, 3.8) is 0 Å². The van der Waals surface area contributed by atoms with Crippen LogP contribution in [-0.4, -0.2) is 31.3 Å². The number of benzene rings is 2. The summed E-state index contributed by atoms with van der Waals surface area (Å²) < 4.78 is 26.6. The maximum Gasteiger partial charge on any atom is 0.279 e. The molecule has 1 aromatic heterocycles. The molecule has 130 valence electrons. The van der Waals surface area contributed by atoms with Gasteiger partial charge in [-0.1, -0.05) is 17.4 Å². The van der Waals surface area contributed by atoms with Crippen molar-refractivity contribution in [3.8, 4) is 5.75 Å². The van der Waals surface area contributed by atoms with Gasteiger partial charge in [0.15, 0.2) is 4.80 Å². The summed E-state index contributed by atoms with van der Waals surface area (Å²) in [5, 5.41) is 0. The number of halogens is 1. The smallest absolute Gasteiger partial charge is 0.279 e. The van der Waals surface area contributed by atoms with Crippen LogP contribution in [0.2, 0.25) is 0 Å². The van der Waals surface area contributed by atoms with E-state index in [9.17, 15) is 9.18 Å². The van der Waals surface area contributed by atoms with Gasteiger partial charge in [-0.3, -0.25) is 4.79 Å². The molecule has 1 heterocycles. The summed E-state index contributed by atoms with van der Waals surface area (Å²) in [4.78, 5) is 17.1. The lowest BCUT2D eigenvalue weighted by molar-refractivity contribution is 0.0997. The quantitative estimate of drug-likeness (QED) is 0.702. The second-order valence-electron chi connectivity index (χ2n) is 5.29. The largest absolute Gasteiger partial charge is 0.497 e. The molecule has 5 nitrogen and oxygen atoms in total. The summed E-state index contributed by atoms with van der Waals surface area (Å²) in [5.41, 5.74) is 1.15. The molecular weight excluding hydrogens is 343 g/mol. The van der Waals surface area contributed by atoms with Crippen LogP contribution < -0.4 is 9.54 Å². The highest BCUT2D eigenvalue weighted by Crippen LogP contribution is 2.23. The van der Waals surface area contributed by atoms with Crippen LogP contribution in [0.3, 0.4) is 0 Å². The Morgan fingerprint density at radius 3 is 2.80 bits per heavy atom. The van der Waals surface area contributed by atoms with Gasteiger partial charge in [-0.25, -0.2) is 4.39 Å². The molecule has 0 saturated heterocycles. The van der Waals surface area contributed by atoms with Crippen molar-refractivity contribution in [1.29, 1.82) is 0 Å². The summed E-state index contributed by atoms with van der Waals surface area (Å²) in [6.45, 7) is 1.04. The average Bonchev–Trinajstić information content (AvgIpc) is 2.95. The Labute approximate surface area is 148 Å². The van der Waals surface area contributed by atoms with Gasteiger partial charge < -0.3 is 14.0 Å². The van der Waals surface area contributed by atoms with E-state index < -0.39 is 11.7 Å². The second-order valence-corrected chi connectivity index (χ2v) is 6.30. The van der Waals surface area contributed by atoms with Gasteiger partial charge in [0.25, 0.3) is 5.91 Å². The lowest BCUT2D eigenvalue weighted by Gasteiger charge is -2.05. The average molecular weight is 360 g/mol. The third-order valence-electron chi connectivity index (χ3n) is 3.68. The zero-order chi connectivity index (χ0) is 17.8. The van der Waals surface area contributed by atoms with E-state index in [1.807, 2.05) is 22.8 Å². The Morgan fingerprint density at radius 1 is 1.24 bits per heavy atom. The van der Waals surface area contributed by atoms with E-state index in [-0.39, 0.29) is 5.56 Å². The minimum absolute atomic E-state index is 0.216. The van der Waals surface area contributed by atoms with Gasteiger partial charge in [0.1, 0.15) is 11.6 Å². The van der Waals surface area contributed by atoms with Crippen LogP contribution in [-0.2, 0) is 11.3 Å². The fraction of sp³-hybridized carbons (Fsp3) is 0.222. The normalized spacial score (nSPS) is 11.9. The first kappa shape index (κ1) is 17.3. The maximum absolute atomic E-state index is 13.3. The molecule has 0 fully saturated rings. The predicted octanol–water partition coefficient (Wildman–Crippen LogP) is 3.24. The molecule has 0 saturated carbocycles. The molecule has 0 spiro atoms. The summed E-state index contributed by atoms with van der Waals surface area (Å²) >= 11 is 1.38. The van der Waals surface area contributed by atoms with Crippen molar-refractivity contribution >= 4 is 27.5 Å². The van der Waals surface area contributed by atoms with Gasteiger partial charge in [0.2, 0.25) is 0 Å². The highest BCUT2D eigenvalue weighted by molar-refractivity contribution is 7.16. The monoisotopic (exact) mass is 360 g/mol. The van der Waals surface area contributed by atoms with E-state index in [1.165, 1.54) is 29.5 Å². The Bertz CT molecular complexity index is 978. The number of carbonyl (C=O) groups is 1. The number of carbonyl (C=O) groups excluding carboxylic acids is 1. The molecule has 25 heavy (non-hydrogen) atoms. The zero-order valence-corrected chi connectivity index (χ0v) is 14.7. The van der Waals surface area contributed by atoms with Crippen molar-refractivity contribution in [2.45, 2.75) is 6.54 Å². The molecular formula is C18H17FN2O3S. The number of nitrogens with zero attached hydrogens (tertiary/aromatic N) is 2. The van der Waals surface area contributed by atoms with Crippen LogP contribution in [0.15, 0.2) is 47.5 Å². The Kier molecular flexibility index (Phi) is 5.25. The number of thiazole rings is 1. The molecule has 3 aromatic rings. The molecule has 0 N–H and O–H groups in total. The van der Waals surface area contributed by atoms with Crippen LogP contribution >= 0.6 is 11.3 Å². The number of hydrogen-bond donors (Lipinski definition) is 0. The molecule has 0 atom stereocenters. The van der Waals surface area contributed by atoms with Crippen LogP contribution in [0, 0.1) is 5.82 Å². The van der Waals surface area contributed by atoms with Crippen molar-refractivity contribution in [1.82, 2.24) is 4.57 Å². The number of aromatic nitrogens is 1. The lowest BCUT2D eigenvalue weighted by atomic mass is 10.2. The first-order valence-corrected chi connectivity index (χ1v) is 8.45. The number of ether oxygens (including phenoxy) is 2. The summed E-state index contributed by atoms with van der Waals surface area (Å²) in [6, 6.07) is 11.2. The molecule has 2 aromatic carbocycles. The lowest BCUT2D eigenvalue weighted by Crippen LogP contribution is -2.19. The van der Waals surface area contributed by atoms with Gasteiger partial charge in [-0.15, -0.1) is 0 Å². The van der Waals surface area contributed by atoms with Crippen molar-refractivity contribution in [3.05, 3.63) is 58.6 Å². The predicted molar refractivity (Wildman–Crippen MR) is 94.5 cm³/mol. The van der Waals surface area contributed by atoms with E-state index in [2.05, 4.69) is 4.99 Å². The number of amides is 1. The Morgan fingerprint density at radius 2 is 2.08 bits per heavy atom.